The second-order valence-corrected chi connectivity index (χ2v) is 7.78. The van der Waals surface area contributed by atoms with Crippen LogP contribution in [-0.4, -0.2) is 25.0 Å². The number of benzene rings is 3. The van der Waals surface area contributed by atoms with Crippen LogP contribution < -0.4 is 14.7 Å². The van der Waals surface area contributed by atoms with E-state index in [1.165, 1.54) is 4.90 Å². The SMILES string of the molecule is COc1cccc([C@H]2[C@@H]3C(=O)N(c4ccc(C)cc4)C(=O)[C@@H]3ON2c2ccccc2)c1. The van der Waals surface area contributed by atoms with Gasteiger partial charge in [-0.2, -0.15) is 0 Å². The lowest BCUT2D eigenvalue weighted by Crippen LogP contribution is -2.37. The smallest absolute Gasteiger partial charge is 0.266 e. The zero-order valence-corrected chi connectivity index (χ0v) is 17.3. The number of amides is 2. The molecule has 31 heavy (non-hydrogen) atoms. The van der Waals surface area contributed by atoms with Gasteiger partial charge in [-0.25, -0.2) is 9.96 Å². The van der Waals surface area contributed by atoms with E-state index >= 15 is 0 Å². The van der Waals surface area contributed by atoms with Crippen LogP contribution in [0, 0.1) is 12.8 Å². The summed E-state index contributed by atoms with van der Waals surface area (Å²) in [5.41, 5.74) is 3.26. The van der Waals surface area contributed by atoms with Crippen LogP contribution in [0.15, 0.2) is 78.9 Å². The van der Waals surface area contributed by atoms with Crippen molar-refractivity contribution in [2.45, 2.75) is 19.1 Å². The Hall–Kier alpha value is -3.64. The predicted octanol–water partition coefficient (Wildman–Crippen LogP) is 4.05. The van der Waals surface area contributed by atoms with Gasteiger partial charge in [0.1, 0.15) is 11.7 Å². The van der Waals surface area contributed by atoms with Crippen LogP contribution in [0.5, 0.6) is 5.75 Å². The molecule has 0 aromatic heterocycles. The van der Waals surface area contributed by atoms with Crippen molar-refractivity contribution in [1.29, 1.82) is 0 Å². The molecule has 0 saturated carbocycles. The van der Waals surface area contributed by atoms with Gasteiger partial charge >= 0.3 is 0 Å². The summed E-state index contributed by atoms with van der Waals surface area (Å²) in [4.78, 5) is 34.3. The Bertz CT molecular complexity index is 1130. The summed E-state index contributed by atoms with van der Waals surface area (Å²) in [7, 11) is 1.60. The topological polar surface area (TPSA) is 59.1 Å². The molecule has 2 fully saturated rings. The van der Waals surface area contributed by atoms with E-state index in [1.54, 1.807) is 24.3 Å². The number of imide groups is 1. The fraction of sp³-hybridized carbons (Fsp3) is 0.200. The molecule has 6 nitrogen and oxygen atoms in total. The lowest BCUT2D eigenvalue weighted by atomic mass is 9.90. The van der Waals surface area contributed by atoms with Crippen molar-refractivity contribution in [1.82, 2.24) is 0 Å². The Labute approximate surface area is 180 Å². The first-order valence-electron chi connectivity index (χ1n) is 10.2. The van der Waals surface area contributed by atoms with Gasteiger partial charge in [0.2, 0.25) is 5.91 Å². The molecule has 3 atom stereocenters. The van der Waals surface area contributed by atoms with Gasteiger partial charge in [0, 0.05) is 0 Å². The molecule has 0 spiro atoms. The maximum absolute atomic E-state index is 13.6. The van der Waals surface area contributed by atoms with Gasteiger partial charge in [-0.1, -0.05) is 48.0 Å². The number of anilines is 2. The highest BCUT2D eigenvalue weighted by molar-refractivity contribution is 6.23. The molecule has 2 aliphatic rings. The van der Waals surface area contributed by atoms with E-state index in [4.69, 9.17) is 9.57 Å². The number of carbonyl (C=O) groups is 2. The Morgan fingerprint density at radius 3 is 2.29 bits per heavy atom. The summed E-state index contributed by atoms with van der Waals surface area (Å²) >= 11 is 0. The Morgan fingerprint density at radius 1 is 0.839 bits per heavy atom. The number of para-hydroxylation sites is 1. The number of ether oxygens (including phenoxy) is 1. The molecule has 0 radical (unpaired) electrons. The molecule has 0 bridgehead atoms. The number of aryl methyl sites for hydroxylation is 1. The van der Waals surface area contributed by atoms with E-state index in [9.17, 15) is 9.59 Å². The van der Waals surface area contributed by atoms with E-state index in [-0.39, 0.29) is 11.8 Å². The highest BCUT2D eigenvalue weighted by atomic mass is 16.7. The van der Waals surface area contributed by atoms with Crippen molar-refractivity contribution in [3.63, 3.8) is 0 Å². The largest absolute Gasteiger partial charge is 0.497 e. The van der Waals surface area contributed by atoms with E-state index in [0.717, 1.165) is 16.8 Å². The minimum Gasteiger partial charge on any atom is -0.497 e. The quantitative estimate of drug-likeness (QED) is 0.603. The fourth-order valence-electron chi connectivity index (χ4n) is 4.33. The van der Waals surface area contributed by atoms with E-state index in [1.807, 2.05) is 73.7 Å². The van der Waals surface area contributed by atoms with Crippen molar-refractivity contribution in [2.75, 3.05) is 17.1 Å². The summed E-state index contributed by atoms with van der Waals surface area (Å²) < 4.78 is 5.39. The molecule has 2 saturated heterocycles. The van der Waals surface area contributed by atoms with Crippen molar-refractivity contribution in [3.05, 3.63) is 90.0 Å². The zero-order chi connectivity index (χ0) is 21.5. The Kier molecular flexibility index (Phi) is 4.71. The van der Waals surface area contributed by atoms with Crippen molar-refractivity contribution in [3.8, 4) is 5.75 Å². The van der Waals surface area contributed by atoms with Gasteiger partial charge in [-0.3, -0.25) is 14.4 Å². The molecule has 3 aromatic carbocycles. The molecule has 5 rings (SSSR count). The van der Waals surface area contributed by atoms with Gasteiger partial charge in [0.15, 0.2) is 6.10 Å². The maximum Gasteiger partial charge on any atom is 0.266 e. The molecule has 2 aliphatic heterocycles. The van der Waals surface area contributed by atoms with Crippen molar-refractivity contribution in [2.24, 2.45) is 5.92 Å². The first-order chi connectivity index (χ1) is 15.1. The normalized spacial score (nSPS) is 22.7. The third-order valence-corrected chi connectivity index (χ3v) is 5.85. The third kappa shape index (κ3) is 3.16. The molecule has 6 heteroatoms. The van der Waals surface area contributed by atoms with Crippen LogP contribution in [-0.2, 0) is 14.4 Å². The number of nitrogens with zero attached hydrogens (tertiary/aromatic N) is 2. The standard InChI is InChI=1S/C25H22N2O4/c1-16-11-13-18(14-12-16)26-24(28)21-22(17-7-6-10-20(15-17)30-2)27(31-23(21)25(26)29)19-8-4-3-5-9-19/h3-15,21-23H,1-2H3/t21-,22-,23+/m0/s1. The zero-order valence-electron chi connectivity index (χ0n) is 17.3. The summed E-state index contributed by atoms with van der Waals surface area (Å²) in [6, 6.07) is 24.0. The monoisotopic (exact) mass is 414 g/mol. The van der Waals surface area contributed by atoms with Gasteiger partial charge in [0.05, 0.1) is 24.5 Å². The molecule has 0 N–H and O–H groups in total. The summed E-state index contributed by atoms with van der Waals surface area (Å²) in [5, 5.41) is 1.69. The summed E-state index contributed by atoms with van der Waals surface area (Å²) in [6.07, 6.45) is -0.884. The minimum atomic E-state index is -0.884. The van der Waals surface area contributed by atoms with Crippen LogP contribution in [0.4, 0.5) is 11.4 Å². The summed E-state index contributed by atoms with van der Waals surface area (Å²) in [5.74, 6) is -0.586. The van der Waals surface area contributed by atoms with Gasteiger partial charge < -0.3 is 4.74 Å². The highest BCUT2D eigenvalue weighted by Gasteiger charge is 2.60. The number of hydroxylamine groups is 1. The summed E-state index contributed by atoms with van der Waals surface area (Å²) in [6.45, 7) is 1.96. The highest BCUT2D eigenvalue weighted by Crippen LogP contribution is 2.47. The number of methoxy groups -OCH3 is 1. The van der Waals surface area contributed by atoms with Gasteiger partial charge in [-0.05, 0) is 48.9 Å². The average Bonchev–Trinajstić information content (AvgIpc) is 3.31. The molecule has 3 aromatic rings. The minimum absolute atomic E-state index is 0.259. The van der Waals surface area contributed by atoms with E-state index < -0.39 is 18.1 Å². The van der Waals surface area contributed by atoms with Gasteiger partial charge in [-0.15, -0.1) is 0 Å². The Morgan fingerprint density at radius 2 is 1.58 bits per heavy atom. The number of carbonyl (C=O) groups excluding carboxylic acids is 2. The van der Waals surface area contributed by atoms with Gasteiger partial charge in [0.25, 0.3) is 5.91 Å². The van der Waals surface area contributed by atoms with Crippen molar-refractivity contribution < 1.29 is 19.2 Å². The molecule has 156 valence electrons. The lowest BCUT2D eigenvalue weighted by molar-refractivity contribution is -0.126. The van der Waals surface area contributed by atoms with E-state index in [2.05, 4.69) is 0 Å². The maximum atomic E-state index is 13.6. The van der Waals surface area contributed by atoms with Crippen molar-refractivity contribution >= 4 is 23.2 Å². The number of fused-ring (bicyclic) bond motifs is 1. The predicted molar refractivity (Wildman–Crippen MR) is 117 cm³/mol. The fourth-order valence-corrected chi connectivity index (χ4v) is 4.33. The number of hydrogen-bond donors (Lipinski definition) is 0. The van der Waals surface area contributed by atoms with E-state index in [0.29, 0.717) is 11.4 Å². The first-order valence-corrected chi connectivity index (χ1v) is 10.2. The molecule has 0 aliphatic carbocycles. The third-order valence-electron chi connectivity index (χ3n) is 5.85. The first kappa shape index (κ1) is 19.3. The average molecular weight is 414 g/mol. The lowest BCUT2D eigenvalue weighted by Gasteiger charge is -2.29. The van der Waals surface area contributed by atoms with Crippen LogP contribution in [0.1, 0.15) is 17.2 Å². The van der Waals surface area contributed by atoms with Crippen LogP contribution in [0.3, 0.4) is 0 Å². The second kappa shape index (κ2) is 7.56. The van der Waals surface area contributed by atoms with Crippen LogP contribution in [0.25, 0.3) is 0 Å². The molecule has 2 amide bonds. The second-order valence-electron chi connectivity index (χ2n) is 7.78. The molecular formula is C25H22N2O4. The molecule has 0 unspecified atom stereocenters. The Balaban J connectivity index is 1.59. The molecule has 2 heterocycles. The molecular weight excluding hydrogens is 392 g/mol. The number of rotatable bonds is 4. The number of hydrogen-bond acceptors (Lipinski definition) is 5. The van der Waals surface area contributed by atoms with Crippen LogP contribution in [0.2, 0.25) is 0 Å². The van der Waals surface area contributed by atoms with Crippen LogP contribution >= 0.6 is 0 Å².